The number of aromatic nitrogens is 6. The number of alkyl halides is 3. The minimum absolute atomic E-state index is 0.0229. The van der Waals surface area contributed by atoms with Crippen molar-refractivity contribution in [3.63, 3.8) is 0 Å². The Morgan fingerprint density at radius 2 is 1.84 bits per heavy atom. The third kappa shape index (κ3) is 4.61. The summed E-state index contributed by atoms with van der Waals surface area (Å²) >= 11 is 0. The first kappa shape index (κ1) is 24.7. The van der Waals surface area contributed by atoms with E-state index in [9.17, 15) is 27.9 Å². The van der Waals surface area contributed by atoms with Crippen LogP contribution in [0.25, 0.3) is 16.7 Å². The van der Waals surface area contributed by atoms with Crippen LogP contribution in [0.3, 0.4) is 0 Å². The molecule has 10 nitrogen and oxygen atoms in total. The van der Waals surface area contributed by atoms with Gasteiger partial charge in [0, 0.05) is 25.8 Å². The summed E-state index contributed by atoms with van der Waals surface area (Å²) in [4.78, 5) is 31.8. The second kappa shape index (κ2) is 8.83. The van der Waals surface area contributed by atoms with Gasteiger partial charge in [0.1, 0.15) is 11.7 Å². The summed E-state index contributed by atoms with van der Waals surface area (Å²) in [6.07, 6.45) is -1.34. The smallest absolute Gasteiger partial charge is 0.388 e. The summed E-state index contributed by atoms with van der Waals surface area (Å²) in [5.74, 6) is -0.207. The largest absolute Gasteiger partial charge is 0.416 e. The van der Waals surface area contributed by atoms with E-state index in [0.29, 0.717) is 24.5 Å². The Bertz CT molecular complexity index is 1510. The lowest BCUT2D eigenvalue weighted by Crippen LogP contribution is -2.49. The monoisotopic (exact) mass is 515 g/mol. The number of rotatable bonds is 4. The van der Waals surface area contributed by atoms with Gasteiger partial charge in [0.2, 0.25) is 0 Å². The Hall–Kier alpha value is -4.00. The lowest BCUT2D eigenvalue weighted by atomic mass is 9.91. The average molecular weight is 515 g/mol. The minimum Gasteiger partial charge on any atom is -0.388 e. The maximum absolute atomic E-state index is 13.1. The molecule has 0 spiro atoms. The van der Waals surface area contributed by atoms with Crippen molar-refractivity contribution in [3.05, 3.63) is 70.2 Å². The van der Waals surface area contributed by atoms with Gasteiger partial charge in [-0.25, -0.2) is 9.67 Å². The highest BCUT2D eigenvalue weighted by Crippen LogP contribution is 2.30. The van der Waals surface area contributed by atoms with Gasteiger partial charge in [0.25, 0.3) is 11.5 Å². The van der Waals surface area contributed by atoms with Crippen LogP contribution in [0.5, 0.6) is 0 Å². The molecule has 4 heterocycles. The van der Waals surface area contributed by atoms with Crippen LogP contribution in [-0.2, 0) is 19.8 Å². The van der Waals surface area contributed by atoms with Crippen molar-refractivity contribution in [2.45, 2.75) is 38.1 Å². The first-order chi connectivity index (χ1) is 17.4. The van der Waals surface area contributed by atoms with Gasteiger partial charge in [-0.3, -0.25) is 18.8 Å². The van der Waals surface area contributed by atoms with Crippen LogP contribution in [0.15, 0.2) is 47.7 Å². The van der Waals surface area contributed by atoms with Gasteiger partial charge in [-0.2, -0.15) is 23.4 Å². The molecule has 13 heteroatoms. The van der Waals surface area contributed by atoms with Crippen LogP contribution >= 0.6 is 0 Å². The van der Waals surface area contributed by atoms with Gasteiger partial charge in [-0.1, -0.05) is 0 Å². The predicted octanol–water partition coefficient (Wildman–Crippen LogP) is 2.31. The maximum atomic E-state index is 13.1. The number of aliphatic hydroxyl groups is 1. The van der Waals surface area contributed by atoms with Gasteiger partial charge in [-0.15, -0.1) is 0 Å². The molecule has 194 valence electrons. The molecule has 37 heavy (non-hydrogen) atoms. The lowest BCUT2D eigenvalue weighted by molar-refractivity contribution is -0.137. The molecular formula is C24H24F3N7O3. The fourth-order valence-electron chi connectivity index (χ4n) is 4.47. The van der Waals surface area contributed by atoms with Crippen LogP contribution in [0.4, 0.5) is 13.2 Å². The minimum atomic E-state index is -4.46. The van der Waals surface area contributed by atoms with Crippen LogP contribution in [-0.4, -0.2) is 63.7 Å². The Morgan fingerprint density at radius 1 is 1.16 bits per heavy atom. The molecule has 0 unspecified atom stereocenters. The molecule has 0 bridgehead atoms. The average Bonchev–Trinajstić information content (AvgIpc) is 3.44. The van der Waals surface area contributed by atoms with Crippen molar-refractivity contribution >= 4 is 16.9 Å². The molecule has 3 aromatic heterocycles. The van der Waals surface area contributed by atoms with E-state index < -0.39 is 22.9 Å². The first-order valence-electron chi connectivity index (χ1n) is 11.6. The Kier molecular flexibility index (Phi) is 5.89. The Morgan fingerprint density at radius 3 is 2.43 bits per heavy atom. The predicted molar refractivity (Wildman–Crippen MR) is 126 cm³/mol. The van der Waals surface area contributed by atoms with Crippen molar-refractivity contribution in [3.8, 4) is 5.69 Å². The quantitative estimate of drug-likeness (QED) is 0.447. The SMILES string of the molecule is Cc1cc(C(=O)N2CCC(O)(Cn3cnc4c(cnn4-c4ccc(C(F)(F)F)cc4)c3=O)CC2)nn1C. The van der Waals surface area contributed by atoms with E-state index >= 15 is 0 Å². The van der Waals surface area contributed by atoms with E-state index in [1.807, 2.05) is 6.92 Å². The Balaban J connectivity index is 1.32. The number of carbonyl (C=O) groups excluding carboxylic acids is 1. The molecule has 0 radical (unpaired) electrons. The number of likely N-dealkylation sites (tertiary alicyclic amines) is 1. The fraction of sp³-hybridized carbons (Fsp3) is 0.375. The molecule has 0 saturated carbocycles. The first-order valence-corrected chi connectivity index (χ1v) is 11.6. The summed E-state index contributed by atoms with van der Waals surface area (Å²) in [5, 5.41) is 19.7. The summed E-state index contributed by atoms with van der Waals surface area (Å²) in [6, 6.07) is 6.10. The van der Waals surface area contributed by atoms with E-state index in [1.54, 1.807) is 22.7 Å². The molecular weight excluding hydrogens is 491 g/mol. The molecule has 1 aliphatic heterocycles. The van der Waals surface area contributed by atoms with Crippen LogP contribution in [0.2, 0.25) is 0 Å². The molecule has 1 N–H and O–H groups in total. The van der Waals surface area contributed by atoms with Crippen LogP contribution in [0, 0.1) is 6.92 Å². The molecule has 1 aliphatic rings. The number of piperidine rings is 1. The highest BCUT2D eigenvalue weighted by atomic mass is 19.4. The van der Waals surface area contributed by atoms with E-state index in [2.05, 4.69) is 15.2 Å². The number of amides is 1. The molecule has 1 aromatic carbocycles. The highest BCUT2D eigenvalue weighted by molar-refractivity contribution is 5.92. The number of fused-ring (bicyclic) bond motifs is 1. The molecule has 5 rings (SSSR count). The zero-order valence-electron chi connectivity index (χ0n) is 20.1. The number of nitrogens with zero attached hydrogens (tertiary/aromatic N) is 7. The summed E-state index contributed by atoms with van der Waals surface area (Å²) in [7, 11) is 1.76. The summed E-state index contributed by atoms with van der Waals surface area (Å²) < 4.78 is 42.8. The second-order valence-electron chi connectivity index (χ2n) is 9.33. The summed E-state index contributed by atoms with van der Waals surface area (Å²) in [5.41, 5.74) is -0.717. The van der Waals surface area contributed by atoms with Gasteiger partial charge in [0.05, 0.1) is 29.6 Å². The van der Waals surface area contributed by atoms with Crippen LogP contribution < -0.4 is 5.56 Å². The molecule has 1 saturated heterocycles. The summed E-state index contributed by atoms with van der Waals surface area (Å²) in [6.45, 7) is 2.45. The standard InChI is InChI=1S/C24H24F3N7O3/c1-15-11-19(30-31(15)2)22(36)32-9-7-23(37,8-10-32)13-33-14-28-20-18(21(33)35)12-29-34(20)17-5-3-16(4-6-17)24(25,26)27/h3-6,11-12,14,37H,7-10,13H2,1-2H3. The number of hydrogen-bond acceptors (Lipinski definition) is 6. The van der Waals surface area contributed by atoms with Crippen molar-refractivity contribution in [1.82, 2.24) is 34.0 Å². The van der Waals surface area contributed by atoms with E-state index in [-0.39, 0.29) is 36.3 Å². The zero-order chi connectivity index (χ0) is 26.5. The highest BCUT2D eigenvalue weighted by Gasteiger charge is 2.36. The zero-order valence-corrected chi connectivity index (χ0v) is 20.1. The van der Waals surface area contributed by atoms with Crippen molar-refractivity contribution < 1.29 is 23.1 Å². The third-order valence-electron chi connectivity index (χ3n) is 6.77. The number of halogens is 3. The van der Waals surface area contributed by atoms with Crippen molar-refractivity contribution in [2.24, 2.45) is 7.05 Å². The number of aryl methyl sites for hydroxylation is 2. The van der Waals surface area contributed by atoms with Crippen molar-refractivity contribution in [2.75, 3.05) is 13.1 Å². The normalized spacial score (nSPS) is 15.9. The lowest BCUT2D eigenvalue weighted by Gasteiger charge is -2.38. The van der Waals surface area contributed by atoms with E-state index in [0.717, 1.165) is 17.8 Å². The molecule has 1 fully saturated rings. The fourth-order valence-corrected chi connectivity index (χ4v) is 4.47. The van der Waals surface area contributed by atoms with E-state index in [4.69, 9.17) is 0 Å². The van der Waals surface area contributed by atoms with E-state index in [1.165, 1.54) is 33.9 Å². The second-order valence-corrected chi connectivity index (χ2v) is 9.33. The Labute approximate surface area is 208 Å². The van der Waals surface area contributed by atoms with Crippen molar-refractivity contribution in [1.29, 1.82) is 0 Å². The number of benzene rings is 1. The molecule has 1 amide bonds. The molecule has 0 atom stereocenters. The van der Waals surface area contributed by atoms with Gasteiger partial charge < -0.3 is 10.0 Å². The van der Waals surface area contributed by atoms with Gasteiger partial charge in [-0.05, 0) is 50.1 Å². The maximum Gasteiger partial charge on any atom is 0.416 e. The van der Waals surface area contributed by atoms with Gasteiger partial charge >= 0.3 is 6.18 Å². The molecule has 4 aromatic rings. The topological polar surface area (TPSA) is 111 Å². The van der Waals surface area contributed by atoms with Crippen LogP contribution in [0.1, 0.15) is 34.6 Å². The van der Waals surface area contributed by atoms with Gasteiger partial charge in [0.15, 0.2) is 11.3 Å². The molecule has 0 aliphatic carbocycles. The number of carbonyl (C=O) groups is 1. The number of hydrogen-bond donors (Lipinski definition) is 1. The third-order valence-corrected chi connectivity index (χ3v) is 6.77.